The maximum atomic E-state index is 14.1. The number of benzene rings is 3. The van der Waals surface area contributed by atoms with Gasteiger partial charge in [0.1, 0.15) is 5.75 Å². The van der Waals surface area contributed by atoms with Gasteiger partial charge in [0.05, 0.1) is 13.2 Å². The molecular weight excluding hydrogens is 568 g/mol. The summed E-state index contributed by atoms with van der Waals surface area (Å²) in [6.07, 6.45) is 0.792. The maximum absolute atomic E-state index is 14.1. The second-order valence-corrected chi connectivity index (χ2v) is 11.0. The number of ether oxygens (including phenoxy) is 1. The lowest BCUT2D eigenvalue weighted by atomic mass is 10.00. The van der Waals surface area contributed by atoms with E-state index in [1.807, 2.05) is 32.0 Å². The van der Waals surface area contributed by atoms with Crippen molar-refractivity contribution in [1.29, 1.82) is 0 Å². The van der Waals surface area contributed by atoms with Gasteiger partial charge in [-0.3, -0.25) is 14.4 Å². The lowest BCUT2D eigenvalue weighted by Crippen LogP contribution is -2.46. The highest BCUT2D eigenvalue weighted by atomic mass is 35.5. The van der Waals surface area contributed by atoms with Crippen LogP contribution in [0, 0.1) is 0 Å². The minimum Gasteiger partial charge on any atom is -0.497 e. The van der Waals surface area contributed by atoms with E-state index >= 15 is 0 Å². The summed E-state index contributed by atoms with van der Waals surface area (Å²) in [5.41, 5.74) is 14.0. The van der Waals surface area contributed by atoms with Crippen molar-refractivity contribution in [3.8, 4) is 5.75 Å². The highest BCUT2D eigenvalue weighted by Gasteiger charge is 2.26. The predicted molar refractivity (Wildman–Crippen MR) is 168 cm³/mol. The van der Waals surface area contributed by atoms with Crippen molar-refractivity contribution in [3.05, 3.63) is 99.6 Å². The van der Waals surface area contributed by atoms with Gasteiger partial charge in [-0.15, -0.1) is 0 Å². The quantitative estimate of drug-likeness (QED) is 0.235. The summed E-state index contributed by atoms with van der Waals surface area (Å²) in [7, 11) is 1.55. The summed E-state index contributed by atoms with van der Waals surface area (Å²) in [5.74, 6) is -0.925. The number of primary amides is 1. The van der Waals surface area contributed by atoms with E-state index in [4.69, 9.17) is 27.8 Å². The Hall–Kier alpha value is -3.92. The molecular formula is C33H41ClN4O5. The van der Waals surface area contributed by atoms with Gasteiger partial charge in [0.15, 0.2) is 0 Å². The maximum Gasteiger partial charge on any atom is 0.254 e. The Bertz CT molecular complexity index is 1390. The lowest BCUT2D eigenvalue weighted by molar-refractivity contribution is 0.0554. The number of aliphatic hydroxyl groups excluding tert-OH is 1. The summed E-state index contributed by atoms with van der Waals surface area (Å²) < 4.78 is 5.35. The molecule has 0 saturated carbocycles. The molecule has 0 spiro atoms. The molecule has 3 aromatic rings. The summed E-state index contributed by atoms with van der Waals surface area (Å²) in [5, 5.41) is 11.7. The molecule has 0 radical (unpaired) electrons. The van der Waals surface area contributed by atoms with Crippen LogP contribution in [0.2, 0.25) is 5.02 Å². The number of halogens is 1. The monoisotopic (exact) mass is 608 g/mol. The Balaban J connectivity index is 1.97. The van der Waals surface area contributed by atoms with Gasteiger partial charge >= 0.3 is 0 Å². The molecule has 43 heavy (non-hydrogen) atoms. The van der Waals surface area contributed by atoms with E-state index in [-0.39, 0.29) is 35.7 Å². The normalized spacial score (nSPS) is 12.3. The Morgan fingerprint density at radius 1 is 0.860 bits per heavy atom. The molecule has 0 bridgehead atoms. The largest absolute Gasteiger partial charge is 0.497 e. The molecule has 230 valence electrons. The SMILES string of the molecule is CCCN(CCC)C(=O)c1cc(C(N)=O)cc(C(=O)N(Cc2cccc(OC)c2)C[C@@H](O)[C@@H](N)Cc2ccc(Cl)cc2)c1. The molecule has 5 N–H and O–H groups in total. The zero-order valence-electron chi connectivity index (χ0n) is 25.0. The number of hydrogen-bond donors (Lipinski definition) is 3. The third-order valence-electron chi connectivity index (χ3n) is 7.07. The number of carbonyl (C=O) groups is 3. The van der Waals surface area contributed by atoms with Crippen molar-refractivity contribution in [1.82, 2.24) is 9.80 Å². The molecule has 9 nitrogen and oxygen atoms in total. The molecule has 0 aliphatic rings. The zero-order chi connectivity index (χ0) is 31.5. The van der Waals surface area contributed by atoms with E-state index in [2.05, 4.69) is 0 Å². The minimum absolute atomic E-state index is 0.0449. The van der Waals surface area contributed by atoms with Crippen LogP contribution >= 0.6 is 11.6 Å². The van der Waals surface area contributed by atoms with Gasteiger partial charge in [-0.1, -0.05) is 49.7 Å². The number of nitrogens with zero attached hydrogens (tertiary/aromatic N) is 2. The first-order chi connectivity index (χ1) is 20.6. The topological polar surface area (TPSA) is 139 Å². The van der Waals surface area contributed by atoms with E-state index in [1.54, 1.807) is 42.3 Å². The molecule has 0 heterocycles. The summed E-state index contributed by atoms with van der Waals surface area (Å²) >= 11 is 5.99. The van der Waals surface area contributed by atoms with Crippen molar-refractivity contribution in [2.75, 3.05) is 26.7 Å². The lowest BCUT2D eigenvalue weighted by Gasteiger charge is -2.29. The Kier molecular flexibility index (Phi) is 12.5. The van der Waals surface area contributed by atoms with Crippen LogP contribution in [0.15, 0.2) is 66.7 Å². The predicted octanol–water partition coefficient (Wildman–Crippen LogP) is 4.28. The fraction of sp³-hybridized carbons (Fsp3) is 0.364. The van der Waals surface area contributed by atoms with Crippen LogP contribution in [0.25, 0.3) is 0 Å². The van der Waals surface area contributed by atoms with Crippen LogP contribution in [-0.4, -0.2) is 71.5 Å². The Labute approximate surface area is 258 Å². The number of nitrogens with two attached hydrogens (primary N) is 2. The van der Waals surface area contributed by atoms with Crippen LogP contribution < -0.4 is 16.2 Å². The third-order valence-corrected chi connectivity index (χ3v) is 7.32. The van der Waals surface area contributed by atoms with Gasteiger partial charge in [-0.2, -0.15) is 0 Å². The molecule has 3 amide bonds. The van der Waals surface area contributed by atoms with E-state index in [0.717, 1.165) is 24.0 Å². The Morgan fingerprint density at radius 2 is 1.44 bits per heavy atom. The highest BCUT2D eigenvalue weighted by molar-refractivity contribution is 6.30. The van der Waals surface area contributed by atoms with Gasteiger partial charge in [0.25, 0.3) is 11.8 Å². The van der Waals surface area contributed by atoms with E-state index in [0.29, 0.717) is 30.3 Å². The van der Waals surface area contributed by atoms with E-state index < -0.39 is 24.0 Å². The van der Waals surface area contributed by atoms with Crippen LogP contribution in [0.4, 0.5) is 0 Å². The summed E-state index contributed by atoms with van der Waals surface area (Å²) in [4.78, 5) is 42.9. The highest BCUT2D eigenvalue weighted by Crippen LogP contribution is 2.20. The molecule has 3 rings (SSSR count). The number of rotatable bonds is 15. The van der Waals surface area contributed by atoms with Crippen molar-refractivity contribution in [2.45, 2.75) is 51.8 Å². The van der Waals surface area contributed by atoms with Crippen molar-refractivity contribution >= 4 is 29.3 Å². The number of carbonyl (C=O) groups excluding carboxylic acids is 3. The molecule has 10 heteroatoms. The van der Waals surface area contributed by atoms with Gasteiger partial charge in [-0.05, 0) is 72.9 Å². The van der Waals surface area contributed by atoms with Crippen molar-refractivity contribution < 1.29 is 24.2 Å². The number of hydrogen-bond acceptors (Lipinski definition) is 6. The molecule has 0 aliphatic heterocycles. The number of aliphatic hydroxyl groups is 1. The number of amides is 3. The van der Waals surface area contributed by atoms with Crippen LogP contribution in [0.1, 0.15) is 68.9 Å². The van der Waals surface area contributed by atoms with Crippen LogP contribution in [-0.2, 0) is 13.0 Å². The fourth-order valence-corrected chi connectivity index (χ4v) is 4.96. The average Bonchev–Trinajstić information content (AvgIpc) is 3.00. The smallest absolute Gasteiger partial charge is 0.254 e. The van der Waals surface area contributed by atoms with Crippen molar-refractivity contribution in [3.63, 3.8) is 0 Å². The van der Waals surface area contributed by atoms with Gasteiger partial charge in [-0.25, -0.2) is 0 Å². The first-order valence-electron chi connectivity index (χ1n) is 14.4. The molecule has 0 aromatic heterocycles. The van der Waals surface area contributed by atoms with Crippen molar-refractivity contribution in [2.24, 2.45) is 11.5 Å². The van der Waals surface area contributed by atoms with Crippen LogP contribution in [0.5, 0.6) is 5.75 Å². The molecule has 0 aliphatic carbocycles. The third kappa shape index (κ3) is 9.54. The summed E-state index contributed by atoms with van der Waals surface area (Å²) in [6.45, 7) is 5.04. The average molecular weight is 609 g/mol. The zero-order valence-corrected chi connectivity index (χ0v) is 25.7. The standard InChI is InChI=1S/C33H41ClN4O5/c1-4-13-37(14-5-2)32(41)25-17-24(31(36)40)18-26(19-25)33(42)38(20-23-7-6-8-28(15-23)43-3)21-30(39)29(35)16-22-9-11-27(34)12-10-22/h6-12,15,17-19,29-30,39H,4-5,13-14,16,20-21,35H2,1-3H3,(H2,36,40)/t29-,30+/m0/s1. The van der Waals surface area contributed by atoms with Gasteiger partial charge in [0, 0.05) is 53.9 Å². The molecule has 0 saturated heterocycles. The second kappa shape index (κ2) is 16.1. The molecule has 3 aromatic carbocycles. The number of methoxy groups -OCH3 is 1. The molecule has 0 fully saturated rings. The van der Waals surface area contributed by atoms with E-state index in [9.17, 15) is 19.5 Å². The van der Waals surface area contributed by atoms with Gasteiger partial charge < -0.3 is 31.1 Å². The van der Waals surface area contributed by atoms with Gasteiger partial charge in [0.2, 0.25) is 5.91 Å². The second-order valence-electron chi connectivity index (χ2n) is 10.6. The minimum atomic E-state index is -1.09. The van der Waals surface area contributed by atoms with Crippen LogP contribution in [0.3, 0.4) is 0 Å². The molecule has 2 atom stereocenters. The van der Waals surface area contributed by atoms with E-state index in [1.165, 1.54) is 23.1 Å². The summed E-state index contributed by atoms with van der Waals surface area (Å²) in [6, 6.07) is 18.0. The first kappa shape index (κ1) is 33.6. The fourth-order valence-electron chi connectivity index (χ4n) is 4.84. The first-order valence-corrected chi connectivity index (χ1v) is 14.8. The Morgan fingerprint density at radius 3 is 2.00 bits per heavy atom. The molecule has 0 unspecified atom stereocenters.